The Morgan fingerprint density at radius 1 is 1.06 bits per heavy atom. The molecule has 0 bridgehead atoms. The van der Waals surface area contributed by atoms with Gasteiger partial charge >= 0.3 is 0 Å². The van der Waals surface area contributed by atoms with Gasteiger partial charge in [-0.25, -0.2) is 0 Å². The average molecular weight is 423 g/mol. The number of carbonyl (C=O) groups excluding carboxylic acids is 2. The van der Waals surface area contributed by atoms with Gasteiger partial charge < -0.3 is 19.6 Å². The molecule has 3 rings (SSSR count). The van der Waals surface area contributed by atoms with Gasteiger partial charge in [-0.05, 0) is 43.8 Å². The molecule has 2 aromatic rings. The van der Waals surface area contributed by atoms with Crippen LogP contribution in [-0.4, -0.2) is 59.9 Å². The second-order valence-corrected chi connectivity index (χ2v) is 7.52. The summed E-state index contributed by atoms with van der Waals surface area (Å²) >= 11 is 0. The summed E-state index contributed by atoms with van der Waals surface area (Å²) in [6, 6.07) is 15.6. The molecule has 1 saturated heterocycles. The Balaban J connectivity index is 2.01. The second-order valence-electron chi connectivity index (χ2n) is 7.52. The zero-order valence-corrected chi connectivity index (χ0v) is 18.4. The lowest BCUT2D eigenvalue weighted by molar-refractivity contribution is -0.140. The zero-order valence-electron chi connectivity index (χ0n) is 18.4. The molecule has 164 valence electrons. The molecule has 2 aromatic carbocycles. The summed E-state index contributed by atoms with van der Waals surface area (Å²) in [7, 11) is 1.54. The van der Waals surface area contributed by atoms with Crippen molar-refractivity contribution in [2.75, 3.05) is 33.3 Å². The van der Waals surface area contributed by atoms with E-state index in [1.54, 1.807) is 29.2 Å². The largest absolute Gasteiger partial charge is 0.507 e. The monoisotopic (exact) mass is 422 g/mol. The van der Waals surface area contributed by atoms with Crippen LogP contribution in [0.15, 0.2) is 60.2 Å². The minimum atomic E-state index is -0.656. The van der Waals surface area contributed by atoms with Crippen LogP contribution in [0.2, 0.25) is 0 Å². The molecule has 6 heteroatoms. The van der Waals surface area contributed by atoms with Gasteiger partial charge in [-0.1, -0.05) is 56.3 Å². The van der Waals surface area contributed by atoms with E-state index in [1.807, 2.05) is 30.3 Å². The molecule has 1 N–H and O–H groups in total. The third-order valence-electron chi connectivity index (χ3n) is 5.77. The molecule has 31 heavy (non-hydrogen) atoms. The minimum Gasteiger partial charge on any atom is -0.507 e. The predicted molar refractivity (Wildman–Crippen MR) is 121 cm³/mol. The molecule has 1 unspecified atom stereocenters. The van der Waals surface area contributed by atoms with Crippen LogP contribution in [0.25, 0.3) is 5.76 Å². The molecular weight excluding hydrogens is 392 g/mol. The number of nitrogens with zero attached hydrogens (tertiary/aromatic N) is 2. The fourth-order valence-corrected chi connectivity index (χ4v) is 4.02. The van der Waals surface area contributed by atoms with E-state index in [9.17, 15) is 14.7 Å². The summed E-state index contributed by atoms with van der Waals surface area (Å²) in [6.07, 6.45) is 0.747. The Kier molecular flexibility index (Phi) is 7.47. The SMILES string of the molecule is CCN(CC)CCCN1C(=O)C(=O)/C(=C(/O)c2cccc(OC)c2)C1c1ccccc1. The van der Waals surface area contributed by atoms with E-state index in [2.05, 4.69) is 18.7 Å². The fraction of sp³-hybridized carbons (Fsp3) is 0.360. The molecule has 1 aliphatic heterocycles. The maximum Gasteiger partial charge on any atom is 0.295 e. The Hall–Kier alpha value is -3.12. The van der Waals surface area contributed by atoms with Crippen molar-refractivity contribution in [3.8, 4) is 5.75 Å². The van der Waals surface area contributed by atoms with Crippen molar-refractivity contribution in [1.29, 1.82) is 0 Å². The number of hydrogen-bond donors (Lipinski definition) is 1. The molecule has 1 fully saturated rings. The highest BCUT2D eigenvalue weighted by molar-refractivity contribution is 6.46. The van der Waals surface area contributed by atoms with E-state index >= 15 is 0 Å². The number of rotatable bonds is 9. The van der Waals surface area contributed by atoms with Crippen LogP contribution in [0.5, 0.6) is 5.75 Å². The van der Waals surface area contributed by atoms with Gasteiger partial charge in [0.2, 0.25) is 0 Å². The quantitative estimate of drug-likeness (QED) is 0.378. The number of hydrogen-bond acceptors (Lipinski definition) is 5. The van der Waals surface area contributed by atoms with Crippen LogP contribution in [0, 0.1) is 0 Å². The Bertz CT molecular complexity index is 951. The molecule has 1 aliphatic rings. The second kappa shape index (κ2) is 10.3. The van der Waals surface area contributed by atoms with Crippen molar-refractivity contribution >= 4 is 17.4 Å². The first-order valence-corrected chi connectivity index (χ1v) is 10.7. The highest BCUT2D eigenvalue weighted by Crippen LogP contribution is 2.39. The highest BCUT2D eigenvalue weighted by Gasteiger charge is 2.45. The maximum absolute atomic E-state index is 13.0. The molecule has 0 aliphatic carbocycles. The zero-order chi connectivity index (χ0) is 22.4. The third-order valence-corrected chi connectivity index (χ3v) is 5.77. The first kappa shape index (κ1) is 22.6. The molecule has 0 saturated carbocycles. The van der Waals surface area contributed by atoms with Gasteiger partial charge in [0.1, 0.15) is 11.5 Å². The van der Waals surface area contributed by atoms with E-state index in [4.69, 9.17) is 4.74 Å². The molecule has 1 amide bonds. The van der Waals surface area contributed by atoms with Crippen LogP contribution in [-0.2, 0) is 9.59 Å². The van der Waals surface area contributed by atoms with Gasteiger partial charge in [0.05, 0.1) is 18.7 Å². The number of aliphatic hydroxyl groups excluding tert-OH is 1. The van der Waals surface area contributed by atoms with Crippen molar-refractivity contribution in [3.63, 3.8) is 0 Å². The van der Waals surface area contributed by atoms with Crippen LogP contribution < -0.4 is 4.74 Å². The lowest BCUT2D eigenvalue weighted by Gasteiger charge is -2.26. The molecule has 0 aromatic heterocycles. The van der Waals surface area contributed by atoms with E-state index in [1.165, 1.54) is 7.11 Å². The van der Waals surface area contributed by atoms with Gasteiger partial charge in [0.25, 0.3) is 11.7 Å². The molecule has 0 radical (unpaired) electrons. The minimum absolute atomic E-state index is 0.118. The lowest BCUT2D eigenvalue weighted by Crippen LogP contribution is -2.33. The predicted octanol–water partition coefficient (Wildman–Crippen LogP) is 3.85. The Morgan fingerprint density at radius 3 is 2.42 bits per heavy atom. The van der Waals surface area contributed by atoms with E-state index < -0.39 is 17.7 Å². The molecular formula is C25H30N2O4. The summed E-state index contributed by atoms with van der Waals surface area (Å²) < 4.78 is 5.24. The number of carbonyl (C=O) groups is 2. The van der Waals surface area contributed by atoms with E-state index in [0.29, 0.717) is 17.9 Å². The number of ketones is 1. The number of benzene rings is 2. The average Bonchev–Trinajstić information content (AvgIpc) is 3.07. The maximum atomic E-state index is 13.0. The summed E-state index contributed by atoms with van der Waals surface area (Å²) in [5.74, 6) is -0.846. The van der Waals surface area contributed by atoms with Crippen molar-refractivity contribution in [3.05, 3.63) is 71.3 Å². The van der Waals surface area contributed by atoms with Gasteiger partial charge in [0.15, 0.2) is 0 Å². The van der Waals surface area contributed by atoms with Gasteiger partial charge in [-0.2, -0.15) is 0 Å². The van der Waals surface area contributed by atoms with Crippen molar-refractivity contribution in [1.82, 2.24) is 9.80 Å². The smallest absolute Gasteiger partial charge is 0.295 e. The fourth-order valence-electron chi connectivity index (χ4n) is 4.02. The number of Topliss-reactive ketones (excluding diaryl/α,β-unsaturated/α-hetero) is 1. The lowest BCUT2D eigenvalue weighted by atomic mass is 9.95. The van der Waals surface area contributed by atoms with Crippen molar-refractivity contribution < 1.29 is 19.4 Å². The molecule has 1 atom stereocenters. The number of amides is 1. The van der Waals surface area contributed by atoms with Crippen molar-refractivity contribution in [2.45, 2.75) is 26.3 Å². The van der Waals surface area contributed by atoms with E-state index in [-0.39, 0.29) is 11.3 Å². The molecule has 6 nitrogen and oxygen atoms in total. The number of aliphatic hydroxyl groups is 1. The van der Waals surface area contributed by atoms with Crippen LogP contribution in [0.4, 0.5) is 0 Å². The third kappa shape index (κ3) is 4.80. The Morgan fingerprint density at radius 2 is 1.77 bits per heavy atom. The first-order valence-electron chi connectivity index (χ1n) is 10.7. The molecule has 0 spiro atoms. The van der Waals surface area contributed by atoms with Gasteiger partial charge in [0, 0.05) is 12.1 Å². The van der Waals surface area contributed by atoms with Crippen molar-refractivity contribution in [2.24, 2.45) is 0 Å². The molecule has 1 heterocycles. The number of likely N-dealkylation sites (tertiary alicyclic amines) is 1. The summed E-state index contributed by atoms with van der Waals surface area (Å²) in [6.45, 7) is 7.37. The van der Waals surface area contributed by atoms with Crippen LogP contribution in [0.3, 0.4) is 0 Å². The standard InChI is InChI=1S/C25H30N2O4/c1-4-26(5-2)15-10-16-27-22(18-11-7-6-8-12-18)21(24(29)25(27)30)23(28)19-13-9-14-20(17-19)31-3/h6-9,11-14,17,22,28H,4-5,10,15-16H2,1-3H3/b23-21+. The van der Waals surface area contributed by atoms with Gasteiger partial charge in [-0.15, -0.1) is 0 Å². The first-order chi connectivity index (χ1) is 15.0. The summed E-state index contributed by atoms with van der Waals surface area (Å²) in [5, 5.41) is 11.1. The summed E-state index contributed by atoms with van der Waals surface area (Å²) in [5.41, 5.74) is 1.36. The Labute approximate surface area is 183 Å². The number of methoxy groups -OCH3 is 1. The van der Waals surface area contributed by atoms with E-state index in [0.717, 1.165) is 31.6 Å². The van der Waals surface area contributed by atoms with Crippen LogP contribution in [0.1, 0.15) is 37.4 Å². The normalized spacial score (nSPS) is 18.1. The highest BCUT2D eigenvalue weighted by atomic mass is 16.5. The van der Waals surface area contributed by atoms with Gasteiger partial charge in [-0.3, -0.25) is 9.59 Å². The van der Waals surface area contributed by atoms with Crippen LogP contribution >= 0.6 is 0 Å². The number of ether oxygens (including phenoxy) is 1. The summed E-state index contributed by atoms with van der Waals surface area (Å²) in [4.78, 5) is 29.9. The topological polar surface area (TPSA) is 70.1 Å².